The fourth-order valence-corrected chi connectivity index (χ4v) is 4.47. The van der Waals surface area contributed by atoms with Crippen LogP contribution in [0.3, 0.4) is 0 Å². The first-order chi connectivity index (χ1) is 16.0. The molecule has 1 saturated heterocycles. The molecule has 0 bridgehead atoms. The van der Waals surface area contributed by atoms with Crippen molar-refractivity contribution in [2.45, 2.75) is 6.54 Å². The molecule has 3 aromatic carbocycles. The standard InChI is InChI=1S/C26H22ClN3O3/c27-20-10-8-18(9-11-20)17-28-12-14-29(15-13-28)24(31)19-4-3-5-21(16-19)30-25(32)22-6-1-2-7-23(22)26(30)33/h1-11,16H,12-15,17H2. The summed E-state index contributed by atoms with van der Waals surface area (Å²) in [5, 5.41) is 0.720. The normalized spacial score (nSPS) is 16.3. The van der Waals surface area contributed by atoms with E-state index in [1.807, 2.05) is 29.2 Å². The molecule has 0 aliphatic carbocycles. The monoisotopic (exact) mass is 459 g/mol. The van der Waals surface area contributed by atoms with Crippen LogP contribution in [0.15, 0.2) is 72.8 Å². The number of nitrogens with zero attached hydrogens (tertiary/aromatic N) is 3. The Bertz CT molecular complexity index is 1200. The number of benzene rings is 3. The Morgan fingerprint density at radius 1 is 0.788 bits per heavy atom. The largest absolute Gasteiger partial charge is 0.336 e. The molecule has 0 N–H and O–H groups in total. The van der Waals surface area contributed by atoms with E-state index in [1.54, 1.807) is 48.5 Å². The highest BCUT2D eigenvalue weighted by Crippen LogP contribution is 2.29. The highest BCUT2D eigenvalue weighted by Gasteiger charge is 2.36. The maximum atomic E-state index is 13.2. The van der Waals surface area contributed by atoms with Crippen molar-refractivity contribution < 1.29 is 14.4 Å². The average molecular weight is 460 g/mol. The molecule has 0 aromatic heterocycles. The molecular formula is C26H22ClN3O3. The highest BCUT2D eigenvalue weighted by atomic mass is 35.5. The van der Waals surface area contributed by atoms with Gasteiger partial charge < -0.3 is 4.90 Å². The summed E-state index contributed by atoms with van der Waals surface area (Å²) in [5.41, 5.74) is 2.84. The minimum absolute atomic E-state index is 0.0976. The Morgan fingerprint density at radius 3 is 2.06 bits per heavy atom. The number of halogens is 1. The van der Waals surface area contributed by atoms with Gasteiger partial charge in [0.1, 0.15) is 0 Å². The number of piperazine rings is 1. The molecule has 2 heterocycles. The lowest BCUT2D eigenvalue weighted by Gasteiger charge is -2.35. The number of carbonyl (C=O) groups excluding carboxylic acids is 3. The van der Waals surface area contributed by atoms with Gasteiger partial charge in [0.05, 0.1) is 16.8 Å². The number of hydrogen-bond donors (Lipinski definition) is 0. The summed E-state index contributed by atoms with van der Waals surface area (Å²) in [4.78, 5) is 44.0. The van der Waals surface area contributed by atoms with Crippen molar-refractivity contribution in [1.29, 1.82) is 0 Å². The van der Waals surface area contributed by atoms with Crippen LogP contribution in [-0.2, 0) is 6.54 Å². The number of imide groups is 1. The van der Waals surface area contributed by atoms with Crippen LogP contribution in [0.5, 0.6) is 0 Å². The van der Waals surface area contributed by atoms with E-state index in [9.17, 15) is 14.4 Å². The molecule has 2 aliphatic rings. The third-order valence-electron chi connectivity index (χ3n) is 6.12. The lowest BCUT2D eigenvalue weighted by Crippen LogP contribution is -2.48. The van der Waals surface area contributed by atoms with E-state index >= 15 is 0 Å². The Kier molecular flexibility index (Phi) is 5.70. The van der Waals surface area contributed by atoms with E-state index in [-0.39, 0.29) is 17.7 Å². The predicted octanol–water partition coefficient (Wildman–Crippen LogP) is 4.10. The van der Waals surface area contributed by atoms with E-state index in [4.69, 9.17) is 11.6 Å². The Balaban J connectivity index is 1.26. The zero-order valence-corrected chi connectivity index (χ0v) is 18.7. The number of rotatable bonds is 4. The molecule has 7 heteroatoms. The maximum absolute atomic E-state index is 13.2. The first-order valence-corrected chi connectivity index (χ1v) is 11.2. The quantitative estimate of drug-likeness (QED) is 0.551. The van der Waals surface area contributed by atoms with Gasteiger partial charge in [-0.2, -0.15) is 0 Å². The van der Waals surface area contributed by atoms with Gasteiger partial charge in [-0.3, -0.25) is 19.3 Å². The fourth-order valence-electron chi connectivity index (χ4n) is 4.34. The zero-order chi connectivity index (χ0) is 22.9. The third kappa shape index (κ3) is 4.15. The summed E-state index contributed by atoms with van der Waals surface area (Å²) < 4.78 is 0. The van der Waals surface area contributed by atoms with Crippen molar-refractivity contribution in [3.05, 3.63) is 100 Å². The molecule has 3 amide bonds. The predicted molar refractivity (Wildman–Crippen MR) is 127 cm³/mol. The van der Waals surface area contributed by atoms with Gasteiger partial charge in [0, 0.05) is 43.3 Å². The second-order valence-electron chi connectivity index (χ2n) is 8.24. The molecule has 2 aliphatic heterocycles. The molecule has 5 rings (SSSR count). The Labute approximate surface area is 197 Å². The van der Waals surface area contributed by atoms with Crippen molar-refractivity contribution in [1.82, 2.24) is 9.80 Å². The molecule has 6 nitrogen and oxygen atoms in total. The minimum Gasteiger partial charge on any atom is -0.336 e. The molecule has 0 radical (unpaired) electrons. The smallest absolute Gasteiger partial charge is 0.266 e. The van der Waals surface area contributed by atoms with Crippen LogP contribution in [0, 0.1) is 0 Å². The van der Waals surface area contributed by atoms with Crippen LogP contribution < -0.4 is 4.90 Å². The summed E-state index contributed by atoms with van der Waals surface area (Å²) >= 11 is 5.96. The van der Waals surface area contributed by atoms with Crippen molar-refractivity contribution in [2.24, 2.45) is 0 Å². The summed E-state index contributed by atoms with van der Waals surface area (Å²) in [7, 11) is 0. The maximum Gasteiger partial charge on any atom is 0.266 e. The van der Waals surface area contributed by atoms with Crippen molar-refractivity contribution >= 4 is 35.0 Å². The summed E-state index contributed by atoms with van der Waals surface area (Å²) in [5.74, 6) is -0.827. The van der Waals surface area contributed by atoms with Crippen LogP contribution in [0.25, 0.3) is 0 Å². The van der Waals surface area contributed by atoms with Gasteiger partial charge in [-0.15, -0.1) is 0 Å². The second-order valence-corrected chi connectivity index (χ2v) is 8.67. The number of fused-ring (bicyclic) bond motifs is 1. The Morgan fingerprint density at radius 2 is 1.42 bits per heavy atom. The number of anilines is 1. The molecule has 0 unspecified atom stereocenters. The first kappa shape index (κ1) is 21.4. The van der Waals surface area contributed by atoms with Gasteiger partial charge in [0.15, 0.2) is 0 Å². The Hall–Kier alpha value is -3.48. The van der Waals surface area contributed by atoms with E-state index < -0.39 is 0 Å². The third-order valence-corrected chi connectivity index (χ3v) is 6.38. The highest BCUT2D eigenvalue weighted by molar-refractivity contribution is 6.34. The lowest BCUT2D eigenvalue weighted by molar-refractivity contribution is 0.0628. The van der Waals surface area contributed by atoms with Gasteiger partial charge in [0.25, 0.3) is 17.7 Å². The summed E-state index contributed by atoms with van der Waals surface area (Å²) in [6, 6.07) is 21.3. The zero-order valence-electron chi connectivity index (χ0n) is 17.9. The van der Waals surface area contributed by atoms with E-state index in [1.165, 1.54) is 5.56 Å². The van der Waals surface area contributed by atoms with Gasteiger partial charge in [-0.1, -0.05) is 41.9 Å². The van der Waals surface area contributed by atoms with Crippen LogP contribution in [0.2, 0.25) is 5.02 Å². The summed E-state index contributed by atoms with van der Waals surface area (Å²) in [6.45, 7) is 3.58. The molecule has 0 atom stereocenters. The number of amides is 3. The molecule has 1 fully saturated rings. The molecule has 0 saturated carbocycles. The molecular weight excluding hydrogens is 438 g/mol. The first-order valence-electron chi connectivity index (χ1n) is 10.9. The number of carbonyl (C=O) groups is 3. The molecule has 3 aromatic rings. The molecule has 33 heavy (non-hydrogen) atoms. The summed E-state index contributed by atoms with van der Waals surface area (Å²) in [6.07, 6.45) is 0. The van der Waals surface area contributed by atoms with E-state index in [0.717, 1.165) is 29.6 Å². The molecule has 0 spiro atoms. The van der Waals surface area contributed by atoms with Crippen LogP contribution in [0.4, 0.5) is 5.69 Å². The van der Waals surface area contributed by atoms with Crippen LogP contribution in [-0.4, -0.2) is 53.7 Å². The molecule has 166 valence electrons. The average Bonchev–Trinajstić information content (AvgIpc) is 3.11. The van der Waals surface area contributed by atoms with Gasteiger partial charge in [0.2, 0.25) is 0 Å². The minimum atomic E-state index is -0.365. The number of hydrogen-bond acceptors (Lipinski definition) is 4. The van der Waals surface area contributed by atoms with Gasteiger partial charge in [-0.25, -0.2) is 4.90 Å². The van der Waals surface area contributed by atoms with Crippen molar-refractivity contribution in [3.8, 4) is 0 Å². The van der Waals surface area contributed by atoms with E-state index in [0.29, 0.717) is 35.5 Å². The van der Waals surface area contributed by atoms with Crippen LogP contribution >= 0.6 is 11.6 Å². The van der Waals surface area contributed by atoms with E-state index in [2.05, 4.69) is 4.90 Å². The van der Waals surface area contributed by atoms with Crippen molar-refractivity contribution in [2.75, 3.05) is 31.1 Å². The van der Waals surface area contributed by atoms with Gasteiger partial charge >= 0.3 is 0 Å². The van der Waals surface area contributed by atoms with Crippen molar-refractivity contribution in [3.63, 3.8) is 0 Å². The lowest BCUT2D eigenvalue weighted by atomic mass is 10.1. The SMILES string of the molecule is O=C(c1cccc(N2C(=O)c3ccccc3C2=O)c1)N1CCN(Cc2ccc(Cl)cc2)CC1. The fraction of sp³-hybridized carbons (Fsp3) is 0.192. The second kappa shape index (κ2) is 8.81. The van der Waals surface area contributed by atoms with Gasteiger partial charge in [-0.05, 0) is 48.0 Å². The topological polar surface area (TPSA) is 60.9 Å². The van der Waals surface area contributed by atoms with Crippen LogP contribution in [0.1, 0.15) is 36.6 Å².